The Balaban J connectivity index is 1.26. The molecule has 1 unspecified atom stereocenters. The first-order valence-electron chi connectivity index (χ1n) is 11.5. The lowest BCUT2D eigenvalue weighted by Crippen LogP contribution is -2.47. The maximum atomic E-state index is 12.7. The molecule has 0 spiro atoms. The Kier molecular flexibility index (Phi) is 6.07. The standard InChI is InChI=1S/C27H28N4O2/c1-33-23-11-9-22(10-12-23)30-13-15-31(16-14-30)27-28-19-24-25(29-27)17-21(18-26(24)32)8-7-20-5-3-2-4-6-20/h2-12,19,21H,13-18H2,1H3/b8-7+. The lowest BCUT2D eigenvalue weighted by Gasteiger charge is -2.36. The third kappa shape index (κ3) is 4.75. The highest BCUT2D eigenvalue weighted by molar-refractivity contribution is 5.98. The molecular formula is C27H28N4O2. The van der Waals surface area contributed by atoms with E-state index in [-0.39, 0.29) is 11.7 Å². The van der Waals surface area contributed by atoms with Crippen molar-refractivity contribution in [3.63, 3.8) is 0 Å². The van der Waals surface area contributed by atoms with Crippen LogP contribution in [0, 0.1) is 5.92 Å². The quantitative estimate of drug-likeness (QED) is 0.591. The van der Waals surface area contributed by atoms with Crippen LogP contribution >= 0.6 is 0 Å². The molecular weight excluding hydrogens is 412 g/mol. The number of ketones is 1. The Hall–Kier alpha value is -3.67. The van der Waals surface area contributed by atoms with E-state index in [1.165, 1.54) is 5.69 Å². The number of nitrogens with zero attached hydrogens (tertiary/aromatic N) is 4. The van der Waals surface area contributed by atoms with E-state index in [0.717, 1.165) is 55.6 Å². The van der Waals surface area contributed by atoms with Gasteiger partial charge in [0.1, 0.15) is 5.75 Å². The van der Waals surface area contributed by atoms with Gasteiger partial charge in [0.15, 0.2) is 5.78 Å². The van der Waals surface area contributed by atoms with E-state index < -0.39 is 0 Å². The topological polar surface area (TPSA) is 58.6 Å². The molecule has 1 aliphatic carbocycles. The molecule has 0 amide bonds. The third-order valence-corrected chi connectivity index (χ3v) is 6.42. The van der Waals surface area contributed by atoms with Gasteiger partial charge in [0.2, 0.25) is 5.95 Å². The summed E-state index contributed by atoms with van der Waals surface area (Å²) in [6.45, 7) is 3.48. The van der Waals surface area contributed by atoms with E-state index in [9.17, 15) is 4.79 Å². The van der Waals surface area contributed by atoms with Crippen molar-refractivity contribution in [3.8, 4) is 5.75 Å². The number of allylic oxidation sites excluding steroid dienone is 1. The molecule has 0 saturated carbocycles. The number of piperazine rings is 1. The minimum atomic E-state index is 0.134. The number of Topliss-reactive ketones (excluding diaryl/α,β-unsaturated/α-hetero) is 1. The van der Waals surface area contributed by atoms with Crippen LogP contribution in [-0.4, -0.2) is 49.0 Å². The monoisotopic (exact) mass is 440 g/mol. The Morgan fingerprint density at radius 3 is 2.39 bits per heavy atom. The number of hydrogen-bond donors (Lipinski definition) is 0. The Morgan fingerprint density at radius 2 is 1.67 bits per heavy atom. The fraction of sp³-hybridized carbons (Fsp3) is 0.296. The molecule has 5 rings (SSSR count). The first-order valence-corrected chi connectivity index (χ1v) is 11.5. The highest BCUT2D eigenvalue weighted by atomic mass is 16.5. The summed E-state index contributed by atoms with van der Waals surface area (Å²) in [5.41, 5.74) is 3.89. The molecule has 2 aromatic carbocycles. The molecule has 0 radical (unpaired) electrons. The lowest BCUT2D eigenvalue weighted by atomic mass is 9.86. The number of carbonyl (C=O) groups excluding carboxylic acids is 1. The van der Waals surface area contributed by atoms with Crippen molar-refractivity contribution in [3.05, 3.63) is 83.7 Å². The van der Waals surface area contributed by atoms with Gasteiger partial charge in [-0.15, -0.1) is 0 Å². The Bertz CT molecular complexity index is 1140. The van der Waals surface area contributed by atoms with Crippen LogP contribution in [0.2, 0.25) is 0 Å². The zero-order valence-corrected chi connectivity index (χ0v) is 18.9. The van der Waals surface area contributed by atoms with Gasteiger partial charge < -0.3 is 14.5 Å². The fourth-order valence-corrected chi connectivity index (χ4v) is 4.52. The highest BCUT2D eigenvalue weighted by Crippen LogP contribution is 2.27. The first-order chi connectivity index (χ1) is 16.2. The summed E-state index contributed by atoms with van der Waals surface area (Å²) in [4.78, 5) is 26.7. The molecule has 2 heterocycles. The van der Waals surface area contributed by atoms with Crippen LogP contribution < -0.4 is 14.5 Å². The summed E-state index contributed by atoms with van der Waals surface area (Å²) in [5, 5.41) is 0. The second-order valence-corrected chi connectivity index (χ2v) is 8.56. The van der Waals surface area contributed by atoms with Crippen LogP contribution in [0.1, 0.15) is 28.0 Å². The van der Waals surface area contributed by atoms with Crippen molar-refractivity contribution in [1.29, 1.82) is 0 Å². The molecule has 6 heteroatoms. The van der Waals surface area contributed by atoms with Crippen LogP contribution in [0.4, 0.5) is 11.6 Å². The summed E-state index contributed by atoms with van der Waals surface area (Å²) in [7, 11) is 1.68. The number of benzene rings is 2. The SMILES string of the molecule is COc1ccc(N2CCN(c3ncc4c(n3)CC(/C=C/c3ccccc3)CC4=O)CC2)cc1. The van der Waals surface area contributed by atoms with E-state index >= 15 is 0 Å². The van der Waals surface area contributed by atoms with Crippen molar-refractivity contribution in [2.75, 3.05) is 43.1 Å². The Labute approximate surface area is 194 Å². The van der Waals surface area contributed by atoms with Crippen LogP contribution in [0.25, 0.3) is 6.08 Å². The molecule has 168 valence electrons. The van der Waals surface area contributed by atoms with E-state index in [4.69, 9.17) is 9.72 Å². The Morgan fingerprint density at radius 1 is 0.939 bits per heavy atom. The second kappa shape index (κ2) is 9.45. The minimum Gasteiger partial charge on any atom is -0.497 e. The second-order valence-electron chi connectivity index (χ2n) is 8.56. The number of anilines is 2. The molecule has 3 aromatic rings. The summed E-state index contributed by atoms with van der Waals surface area (Å²) in [5.74, 6) is 1.89. The van der Waals surface area contributed by atoms with Crippen LogP contribution in [0.5, 0.6) is 5.75 Å². The summed E-state index contributed by atoms with van der Waals surface area (Å²) < 4.78 is 5.26. The molecule has 0 bridgehead atoms. The van der Waals surface area contributed by atoms with Gasteiger partial charge in [-0.3, -0.25) is 4.79 Å². The van der Waals surface area contributed by atoms with Crippen LogP contribution in [0.15, 0.2) is 66.9 Å². The summed E-state index contributed by atoms with van der Waals surface area (Å²) in [6.07, 6.45) is 7.26. The average Bonchev–Trinajstić information content (AvgIpc) is 2.88. The molecule has 1 saturated heterocycles. The van der Waals surface area contributed by atoms with E-state index in [1.807, 2.05) is 30.3 Å². The van der Waals surface area contributed by atoms with Crippen LogP contribution in [0.3, 0.4) is 0 Å². The molecule has 0 N–H and O–H groups in total. The molecule has 1 fully saturated rings. The largest absolute Gasteiger partial charge is 0.497 e. The fourth-order valence-electron chi connectivity index (χ4n) is 4.52. The van der Waals surface area contributed by atoms with Gasteiger partial charge >= 0.3 is 0 Å². The van der Waals surface area contributed by atoms with E-state index in [1.54, 1.807) is 13.3 Å². The number of carbonyl (C=O) groups is 1. The first kappa shape index (κ1) is 21.2. The molecule has 2 aliphatic rings. The lowest BCUT2D eigenvalue weighted by molar-refractivity contribution is 0.0957. The number of ether oxygens (including phenoxy) is 1. The number of hydrogen-bond acceptors (Lipinski definition) is 6. The molecule has 6 nitrogen and oxygen atoms in total. The molecule has 1 aromatic heterocycles. The number of rotatable bonds is 5. The third-order valence-electron chi connectivity index (χ3n) is 6.42. The van der Waals surface area contributed by atoms with Gasteiger partial charge in [-0.05, 0) is 42.2 Å². The van der Waals surface area contributed by atoms with Gasteiger partial charge in [0, 0.05) is 44.5 Å². The zero-order valence-electron chi connectivity index (χ0n) is 18.9. The van der Waals surface area contributed by atoms with Crippen molar-refractivity contribution in [2.45, 2.75) is 12.8 Å². The average molecular weight is 441 g/mol. The van der Waals surface area contributed by atoms with Crippen molar-refractivity contribution in [1.82, 2.24) is 9.97 Å². The van der Waals surface area contributed by atoms with Crippen LogP contribution in [-0.2, 0) is 6.42 Å². The van der Waals surface area contributed by atoms with Gasteiger partial charge in [0.25, 0.3) is 0 Å². The molecule has 33 heavy (non-hydrogen) atoms. The highest BCUT2D eigenvalue weighted by Gasteiger charge is 2.27. The zero-order chi connectivity index (χ0) is 22.6. The summed E-state index contributed by atoms with van der Waals surface area (Å²) >= 11 is 0. The summed E-state index contributed by atoms with van der Waals surface area (Å²) in [6, 6.07) is 18.4. The maximum absolute atomic E-state index is 12.7. The van der Waals surface area contributed by atoms with Gasteiger partial charge in [-0.25, -0.2) is 9.97 Å². The van der Waals surface area contributed by atoms with Gasteiger partial charge in [-0.1, -0.05) is 42.5 Å². The minimum absolute atomic E-state index is 0.134. The maximum Gasteiger partial charge on any atom is 0.225 e. The van der Waals surface area contributed by atoms with Gasteiger partial charge in [0.05, 0.1) is 18.4 Å². The molecule has 1 atom stereocenters. The van der Waals surface area contributed by atoms with Crippen molar-refractivity contribution < 1.29 is 9.53 Å². The van der Waals surface area contributed by atoms with E-state index in [0.29, 0.717) is 12.0 Å². The predicted molar refractivity (Wildman–Crippen MR) is 131 cm³/mol. The number of methoxy groups -OCH3 is 1. The van der Waals surface area contributed by atoms with Gasteiger partial charge in [-0.2, -0.15) is 0 Å². The smallest absolute Gasteiger partial charge is 0.225 e. The predicted octanol–water partition coefficient (Wildman–Crippen LogP) is 4.27. The molecule has 1 aliphatic heterocycles. The number of fused-ring (bicyclic) bond motifs is 1. The van der Waals surface area contributed by atoms with Crippen molar-refractivity contribution >= 4 is 23.5 Å². The van der Waals surface area contributed by atoms with Crippen molar-refractivity contribution in [2.24, 2.45) is 5.92 Å². The normalized spacial score (nSPS) is 18.5. The number of aromatic nitrogens is 2. The van der Waals surface area contributed by atoms with E-state index in [2.05, 4.69) is 51.2 Å².